The van der Waals surface area contributed by atoms with E-state index in [0.29, 0.717) is 11.4 Å². The maximum Gasteiger partial charge on any atom is 0.218 e. The molecule has 0 amide bonds. The Bertz CT molecular complexity index is 271. The Kier molecular flexibility index (Phi) is 2.10. The summed E-state index contributed by atoms with van der Waals surface area (Å²) >= 11 is 0. The van der Waals surface area contributed by atoms with E-state index in [-0.39, 0.29) is 6.61 Å². The van der Waals surface area contributed by atoms with E-state index in [9.17, 15) is 5.21 Å². The molecule has 11 heavy (non-hydrogen) atoms. The number of pyridine rings is 1. The summed E-state index contributed by atoms with van der Waals surface area (Å²) in [5, 5.41) is 19.9. The highest BCUT2D eigenvalue weighted by atomic mass is 16.5. The molecule has 1 N–H and O–H groups in total. The summed E-state index contributed by atoms with van der Waals surface area (Å²) in [7, 11) is 0. The minimum atomic E-state index is -0.202. The lowest BCUT2D eigenvalue weighted by Crippen LogP contribution is -2.35. The van der Waals surface area contributed by atoms with E-state index in [2.05, 4.69) is 0 Å². The molecular weight excluding hydrogens is 142 g/mol. The quantitative estimate of drug-likeness (QED) is 0.469. The third-order valence-corrected chi connectivity index (χ3v) is 1.57. The van der Waals surface area contributed by atoms with Crippen LogP contribution in [-0.4, -0.2) is 5.11 Å². The van der Waals surface area contributed by atoms with Crippen molar-refractivity contribution in [2.45, 2.75) is 20.5 Å². The lowest BCUT2D eigenvalue weighted by Gasteiger charge is -2.05. The highest BCUT2D eigenvalue weighted by molar-refractivity contribution is 5.14. The molecular formula is C8H11NO2. The van der Waals surface area contributed by atoms with Gasteiger partial charge in [0.1, 0.15) is 6.61 Å². The SMILES string of the molecule is Cc1cc(C)[n+]([O-])c(CO)c1. The van der Waals surface area contributed by atoms with Crippen LogP contribution >= 0.6 is 0 Å². The number of aliphatic hydroxyl groups is 1. The van der Waals surface area contributed by atoms with Crippen LogP contribution in [0.4, 0.5) is 0 Å². The number of aliphatic hydroxyl groups excluding tert-OH is 1. The largest absolute Gasteiger partial charge is 0.618 e. The summed E-state index contributed by atoms with van der Waals surface area (Å²) in [5.41, 5.74) is 2.02. The van der Waals surface area contributed by atoms with Crippen LogP contribution in [0.3, 0.4) is 0 Å². The van der Waals surface area contributed by atoms with Gasteiger partial charge >= 0.3 is 0 Å². The van der Waals surface area contributed by atoms with Crippen molar-refractivity contribution >= 4 is 0 Å². The molecule has 60 valence electrons. The Hall–Kier alpha value is -1.09. The number of hydrogen-bond acceptors (Lipinski definition) is 2. The van der Waals surface area contributed by atoms with Gasteiger partial charge in [-0.1, -0.05) is 0 Å². The van der Waals surface area contributed by atoms with Crippen LogP contribution in [0.15, 0.2) is 12.1 Å². The first-order valence-electron chi connectivity index (χ1n) is 3.45. The first-order chi connectivity index (χ1) is 5.15. The molecule has 0 fully saturated rings. The Morgan fingerprint density at radius 3 is 2.64 bits per heavy atom. The van der Waals surface area contributed by atoms with Gasteiger partial charge in [-0.3, -0.25) is 0 Å². The minimum Gasteiger partial charge on any atom is -0.618 e. The molecule has 0 saturated heterocycles. The Morgan fingerprint density at radius 2 is 2.09 bits per heavy atom. The molecule has 0 saturated carbocycles. The monoisotopic (exact) mass is 153 g/mol. The highest BCUT2D eigenvalue weighted by Gasteiger charge is 2.06. The van der Waals surface area contributed by atoms with E-state index in [1.807, 2.05) is 6.92 Å². The fraction of sp³-hybridized carbons (Fsp3) is 0.375. The molecule has 3 nitrogen and oxygen atoms in total. The predicted molar refractivity (Wildman–Crippen MR) is 40.8 cm³/mol. The second-order valence-electron chi connectivity index (χ2n) is 2.62. The third-order valence-electron chi connectivity index (χ3n) is 1.57. The Labute approximate surface area is 65.5 Å². The van der Waals surface area contributed by atoms with Gasteiger partial charge in [0.25, 0.3) is 0 Å². The molecule has 0 spiro atoms. The smallest absolute Gasteiger partial charge is 0.218 e. The fourth-order valence-corrected chi connectivity index (χ4v) is 1.09. The van der Waals surface area contributed by atoms with Gasteiger partial charge in [0, 0.05) is 19.1 Å². The van der Waals surface area contributed by atoms with Gasteiger partial charge in [0.2, 0.25) is 5.69 Å². The number of hydrogen-bond donors (Lipinski definition) is 1. The molecule has 0 bridgehead atoms. The molecule has 3 heteroatoms. The average molecular weight is 153 g/mol. The first-order valence-corrected chi connectivity index (χ1v) is 3.45. The normalized spacial score (nSPS) is 10.1. The van der Waals surface area contributed by atoms with E-state index >= 15 is 0 Å². The second-order valence-corrected chi connectivity index (χ2v) is 2.62. The fourth-order valence-electron chi connectivity index (χ4n) is 1.09. The van der Waals surface area contributed by atoms with Crippen molar-refractivity contribution in [2.24, 2.45) is 0 Å². The Balaban J connectivity index is 3.24. The molecule has 1 aromatic heterocycles. The van der Waals surface area contributed by atoms with Gasteiger partial charge in [-0.15, -0.1) is 0 Å². The van der Waals surface area contributed by atoms with Gasteiger partial charge < -0.3 is 10.3 Å². The predicted octanol–water partition coefficient (Wildman–Crippen LogP) is 0.429. The van der Waals surface area contributed by atoms with Crippen LogP contribution in [-0.2, 0) is 6.61 Å². The van der Waals surface area contributed by atoms with E-state index < -0.39 is 0 Å². The third kappa shape index (κ3) is 1.49. The van der Waals surface area contributed by atoms with E-state index in [1.54, 1.807) is 19.1 Å². The summed E-state index contributed by atoms with van der Waals surface area (Å²) in [5.74, 6) is 0. The zero-order valence-electron chi connectivity index (χ0n) is 6.66. The van der Waals surface area contributed by atoms with Crippen molar-refractivity contribution in [1.82, 2.24) is 0 Å². The van der Waals surface area contributed by atoms with Crippen molar-refractivity contribution in [3.05, 3.63) is 34.3 Å². The topological polar surface area (TPSA) is 47.2 Å². The molecule has 0 aliphatic carbocycles. The van der Waals surface area contributed by atoms with Gasteiger partial charge in [0.15, 0.2) is 5.69 Å². The lowest BCUT2D eigenvalue weighted by molar-refractivity contribution is -0.623. The average Bonchev–Trinajstić information content (AvgIpc) is 1.96. The maximum atomic E-state index is 11.1. The Morgan fingerprint density at radius 1 is 1.45 bits per heavy atom. The van der Waals surface area contributed by atoms with Crippen molar-refractivity contribution in [3.63, 3.8) is 0 Å². The zero-order valence-corrected chi connectivity index (χ0v) is 6.66. The number of nitrogens with zero attached hydrogens (tertiary/aromatic N) is 1. The molecule has 0 atom stereocenters. The second kappa shape index (κ2) is 2.88. The summed E-state index contributed by atoms with van der Waals surface area (Å²) in [4.78, 5) is 0. The van der Waals surface area contributed by atoms with Crippen molar-refractivity contribution in [1.29, 1.82) is 0 Å². The molecule has 1 heterocycles. The highest BCUT2D eigenvalue weighted by Crippen LogP contribution is 2.01. The standard InChI is InChI=1S/C8H11NO2/c1-6-3-7(2)9(11)8(4-6)5-10/h3-4,10H,5H2,1-2H3. The van der Waals surface area contributed by atoms with E-state index in [1.165, 1.54) is 0 Å². The summed E-state index contributed by atoms with van der Waals surface area (Å²) in [6.07, 6.45) is 0. The van der Waals surface area contributed by atoms with Crippen LogP contribution < -0.4 is 4.73 Å². The van der Waals surface area contributed by atoms with Crippen LogP contribution in [0.5, 0.6) is 0 Å². The number of rotatable bonds is 1. The van der Waals surface area contributed by atoms with Gasteiger partial charge in [-0.05, 0) is 12.5 Å². The van der Waals surface area contributed by atoms with Crippen LogP contribution in [0, 0.1) is 19.1 Å². The minimum absolute atomic E-state index is 0.202. The molecule has 0 aliphatic rings. The molecule has 1 rings (SSSR count). The van der Waals surface area contributed by atoms with Crippen molar-refractivity contribution < 1.29 is 9.84 Å². The first kappa shape index (κ1) is 8.01. The van der Waals surface area contributed by atoms with E-state index in [0.717, 1.165) is 10.3 Å². The molecule has 1 aromatic rings. The van der Waals surface area contributed by atoms with Crippen LogP contribution in [0.1, 0.15) is 17.0 Å². The van der Waals surface area contributed by atoms with Crippen molar-refractivity contribution in [3.8, 4) is 0 Å². The molecule has 0 unspecified atom stereocenters. The van der Waals surface area contributed by atoms with Crippen LogP contribution in [0.25, 0.3) is 0 Å². The summed E-state index contributed by atoms with van der Waals surface area (Å²) < 4.78 is 0.743. The maximum absolute atomic E-state index is 11.1. The summed E-state index contributed by atoms with van der Waals surface area (Å²) in [6.45, 7) is 3.41. The number of aryl methyl sites for hydroxylation is 2. The number of aromatic nitrogens is 1. The van der Waals surface area contributed by atoms with E-state index in [4.69, 9.17) is 5.11 Å². The van der Waals surface area contributed by atoms with Gasteiger partial charge in [-0.2, -0.15) is 4.73 Å². The lowest BCUT2D eigenvalue weighted by atomic mass is 10.2. The van der Waals surface area contributed by atoms with Crippen LogP contribution in [0.2, 0.25) is 0 Å². The van der Waals surface area contributed by atoms with Gasteiger partial charge in [-0.25, -0.2) is 0 Å². The molecule has 0 aromatic carbocycles. The van der Waals surface area contributed by atoms with Crippen molar-refractivity contribution in [2.75, 3.05) is 0 Å². The summed E-state index contributed by atoms with van der Waals surface area (Å²) in [6, 6.07) is 3.46. The molecule has 0 aliphatic heterocycles. The molecule has 0 radical (unpaired) electrons. The van der Waals surface area contributed by atoms with Gasteiger partial charge in [0.05, 0.1) is 0 Å². The zero-order chi connectivity index (χ0) is 8.43.